The Kier molecular flexibility index (Phi) is 5.83. The van der Waals surface area contributed by atoms with Crippen molar-refractivity contribution < 1.29 is 15.2 Å². The van der Waals surface area contributed by atoms with E-state index in [-0.39, 0.29) is 40.9 Å². The predicted molar refractivity (Wildman–Crippen MR) is 133 cm³/mol. The Morgan fingerprint density at radius 2 is 2.06 bits per heavy atom. The number of fused-ring (bicyclic) bond motifs is 8. The largest absolute Gasteiger partial charge is 0.595 e. The number of nitrogens with one attached hydrogen (secondary N) is 2. The Labute approximate surface area is 208 Å². The molecule has 9 nitrogen and oxygen atoms in total. The number of pyridine rings is 2. The van der Waals surface area contributed by atoms with E-state index in [9.17, 15) is 20.0 Å². The fourth-order valence-corrected chi connectivity index (χ4v) is 6.48. The lowest BCUT2D eigenvalue weighted by Crippen LogP contribution is -2.99. The minimum atomic E-state index is -0.972. The van der Waals surface area contributed by atoms with Gasteiger partial charge in [0.05, 0.1) is 5.92 Å². The van der Waals surface area contributed by atoms with Gasteiger partial charge in [0.15, 0.2) is 5.69 Å². The van der Waals surface area contributed by atoms with Gasteiger partial charge in [-0.2, -0.15) is 5.23 Å². The Balaban J connectivity index is 1.33. The molecule has 2 bridgehead atoms. The van der Waals surface area contributed by atoms with E-state index in [1.165, 1.54) is 0 Å². The summed E-state index contributed by atoms with van der Waals surface area (Å²) >= 11 is 0. The van der Waals surface area contributed by atoms with Crippen LogP contribution in [0.3, 0.4) is 0 Å². The number of rotatable bonds is 5. The zero-order chi connectivity index (χ0) is 24.8. The van der Waals surface area contributed by atoms with Crippen LogP contribution in [0.25, 0.3) is 0 Å². The first-order chi connectivity index (χ1) is 17.5. The van der Waals surface area contributed by atoms with Gasteiger partial charge in [0.2, 0.25) is 5.91 Å². The van der Waals surface area contributed by atoms with E-state index in [2.05, 4.69) is 15.2 Å². The molecule has 1 amide bonds. The number of hydrogen-bond acceptors (Lipinski definition) is 6. The van der Waals surface area contributed by atoms with Crippen molar-refractivity contribution in [2.75, 3.05) is 18.0 Å². The molecule has 3 aliphatic heterocycles. The van der Waals surface area contributed by atoms with Crippen LogP contribution >= 0.6 is 0 Å². The fourth-order valence-electron chi connectivity index (χ4n) is 6.48. The fraction of sp³-hybridized carbons (Fsp3) is 0.370. The molecule has 2 aromatic heterocycles. The number of carbonyl (C=O) groups is 1. The lowest BCUT2D eigenvalue weighted by atomic mass is 9.70. The minimum Gasteiger partial charge on any atom is -0.595 e. The molecule has 0 saturated carbocycles. The van der Waals surface area contributed by atoms with Gasteiger partial charge in [0.25, 0.3) is 5.56 Å². The highest BCUT2D eigenvalue weighted by molar-refractivity contribution is 5.82. The standard InChI is InChI=1S/C27H29N5O4/c33-25-6-3-5-23-18-12-19(16-30(23)25)26-22(27(34)29-11-9-20-4-1-2-10-28-20)14-17-13-21(32(35)36)7-8-24(17)31(26)15-18/h1-8,10,13,18-19,22,26,32,35H,9,11-12,14-16H2,(H,29,34). The third kappa shape index (κ3) is 3.99. The number of carbonyl (C=O) groups excluding carboxylic acids is 1. The molecule has 1 saturated heterocycles. The second-order valence-corrected chi connectivity index (χ2v) is 10.1. The van der Waals surface area contributed by atoms with Gasteiger partial charge < -0.3 is 20.0 Å². The average Bonchev–Trinajstić information content (AvgIpc) is 2.89. The first-order valence-corrected chi connectivity index (χ1v) is 12.5. The Hall–Kier alpha value is -3.53. The van der Waals surface area contributed by atoms with Crippen LogP contribution < -0.4 is 21.0 Å². The molecule has 9 heteroatoms. The van der Waals surface area contributed by atoms with Gasteiger partial charge in [-0.25, -0.2) is 5.21 Å². The summed E-state index contributed by atoms with van der Waals surface area (Å²) in [7, 11) is 0. The van der Waals surface area contributed by atoms with Crippen molar-refractivity contribution in [3.05, 3.63) is 93.3 Å². The second-order valence-electron chi connectivity index (χ2n) is 10.1. The van der Waals surface area contributed by atoms with E-state index in [1.807, 2.05) is 41.0 Å². The quantitative estimate of drug-likeness (QED) is 0.466. The summed E-state index contributed by atoms with van der Waals surface area (Å²) in [5.74, 6) is -0.0313. The number of hydrogen-bond donors (Lipinski definition) is 3. The van der Waals surface area contributed by atoms with Crippen LogP contribution in [0.15, 0.2) is 65.6 Å². The van der Waals surface area contributed by atoms with E-state index in [4.69, 9.17) is 0 Å². The highest BCUT2D eigenvalue weighted by Crippen LogP contribution is 2.47. The second kappa shape index (κ2) is 9.16. The maximum Gasteiger partial charge on any atom is 0.250 e. The summed E-state index contributed by atoms with van der Waals surface area (Å²) in [6, 6.07) is 16.4. The molecular weight excluding hydrogens is 458 g/mol. The minimum absolute atomic E-state index is 0.00863. The molecule has 0 radical (unpaired) electrons. The maximum atomic E-state index is 13.6. The van der Waals surface area contributed by atoms with Crippen LogP contribution in [0.2, 0.25) is 0 Å². The average molecular weight is 488 g/mol. The molecule has 1 fully saturated rings. The SMILES string of the molecule is O=C(NCCc1ccccn1)C1Cc2cc([NH+]([O-])O)ccc2N2CC3CC(Cn4c3cccc4=O)C12. The van der Waals surface area contributed by atoms with Crippen molar-refractivity contribution in [1.29, 1.82) is 0 Å². The summed E-state index contributed by atoms with van der Waals surface area (Å²) in [5.41, 5.74) is 4.10. The van der Waals surface area contributed by atoms with Crippen LogP contribution in [0.5, 0.6) is 0 Å². The van der Waals surface area contributed by atoms with E-state index in [1.54, 1.807) is 24.4 Å². The first kappa shape index (κ1) is 22.9. The normalized spacial score (nSPS) is 24.8. The van der Waals surface area contributed by atoms with Gasteiger partial charge in [-0.1, -0.05) is 12.1 Å². The molecule has 1 aromatic carbocycles. The van der Waals surface area contributed by atoms with Crippen molar-refractivity contribution in [2.45, 2.75) is 37.8 Å². The van der Waals surface area contributed by atoms with Gasteiger partial charge in [0, 0.05) is 79.5 Å². The molecule has 186 valence electrons. The Morgan fingerprint density at radius 1 is 1.17 bits per heavy atom. The highest BCUT2D eigenvalue weighted by atomic mass is 16.8. The summed E-state index contributed by atoms with van der Waals surface area (Å²) in [6.07, 6.45) is 3.80. The molecule has 36 heavy (non-hydrogen) atoms. The molecule has 6 rings (SSSR count). The smallest absolute Gasteiger partial charge is 0.250 e. The molecule has 5 heterocycles. The van der Waals surface area contributed by atoms with Crippen LogP contribution in [-0.4, -0.2) is 39.8 Å². The number of anilines is 1. The number of quaternary nitrogens is 1. The molecule has 0 aliphatic carbocycles. The first-order valence-electron chi connectivity index (χ1n) is 12.5. The van der Waals surface area contributed by atoms with Gasteiger partial charge in [-0.05, 0) is 48.6 Å². The summed E-state index contributed by atoms with van der Waals surface area (Å²) in [4.78, 5) is 32.9. The van der Waals surface area contributed by atoms with Crippen LogP contribution in [0, 0.1) is 17.0 Å². The molecule has 0 spiro atoms. The van der Waals surface area contributed by atoms with Crippen LogP contribution in [0.4, 0.5) is 11.4 Å². The van der Waals surface area contributed by atoms with Gasteiger partial charge in [-0.3, -0.25) is 14.6 Å². The zero-order valence-electron chi connectivity index (χ0n) is 19.8. The molecule has 3 aromatic rings. The number of aromatic nitrogens is 2. The van der Waals surface area contributed by atoms with E-state index in [0.717, 1.165) is 29.1 Å². The Morgan fingerprint density at radius 3 is 2.86 bits per heavy atom. The van der Waals surface area contributed by atoms with Gasteiger partial charge in [-0.15, -0.1) is 0 Å². The summed E-state index contributed by atoms with van der Waals surface area (Å²) < 4.78 is 1.88. The summed E-state index contributed by atoms with van der Waals surface area (Å²) in [5, 5.41) is 23.4. The van der Waals surface area contributed by atoms with Gasteiger partial charge >= 0.3 is 0 Å². The van der Waals surface area contributed by atoms with Gasteiger partial charge in [0.1, 0.15) is 0 Å². The number of amides is 1. The van der Waals surface area contributed by atoms with Crippen molar-refractivity contribution in [3.8, 4) is 0 Å². The molecule has 5 atom stereocenters. The molecule has 3 aliphatic rings. The lowest BCUT2D eigenvalue weighted by molar-refractivity contribution is -0.991. The van der Waals surface area contributed by atoms with Crippen LogP contribution in [-0.2, 0) is 24.2 Å². The molecule has 3 N–H and O–H groups in total. The molecule has 5 unspecified atom stereocenters. The number of benzene rings is 1. The predicted octanol–water partition coefficient (Wildman–Crippen LogP) is 1.17. The van der Waals surface area contributed by atoms with Crippen molar-refractivity contribution >= 4 is 17.3 Å². The van der Waals surface area contributed by atoms with Crippen molar-refractivity contribution in [1.82, 2.24) is 14.9 Å². The number of piperidine rings is 1. The summed E-state index contributed by atoms with van der Waals surface area (Å²) in [6.45, 7) is 1.77. The topological polar surface area (TPSA) is 115 Å². The van der Waals surface area contributed by atoms with E-state index < -0.39 is 5.23 Å². The highest BCUT2D eigenvalue weighted by Gasteiger charge is 2.49. The zero-order valence-corrected chi connectivity index (χ0v) is 19.8. The molecular formula is C27H29N5O4. The van der Waals surface area contributed by atoms with E-state index in [0.29, 0.717) is 32.5 Å². The maximum absolute atomic E-state index is 13.6. The van der Waals surface area contributed by atoms with Crippen molar-refractivity contribution in [3.63, 3.8) is 0 Å². The lowest BCUT2D eigenvalue weighted by Gasteiger charge is -2.54. The third-order valence-corrected chi connectivity index (χ3v) is 8.00. The number of nitrogens with zero attached hydrogens (tertiary/aromatic N) is 3. The monoisotopic (exact) mass is 487 g/mol. The third-order valence-electron chi connectivity index (χ3n) is 8.00. The Bertz CT molecular complexity index is 1340. The van der Waals surface area contributed by atoms with E-state index >= 15 is 0 Å². The van der Waals surface area contributed by atoms with Crippen molar-refractivity contribution in [2.24, 2.45) is 11.8 Å². The van der Waals surface area contributed by atoms with Crippen LogP contribution in [0.1, 0.15) is 29.3 Å².